The van der Waals surface area contributed by atoms with E-state index < -0.39 is 21.3 Å². The number of ketones is 1. The standard InChI is InChI=1S/C18H15S.C10H16O4S/c1-4-10-16(11-5-1)19(17-12-6-2-7-13-17)18-14-8-3-9-15-18;1-9(2)7-3-4-10(9,8(11)5-7)6-15(12,13)14/h1-15H;7H,3-6H2,1-2H3,(H,12,13,14)/q+1;/p-1/t;7-,10-/m.1/s1. The molecule has 0 saturated heterocycles. The first-order valence-electron chi connectivity index (χ1n) is 11.5. The minimum Gasteiger partial charge on any atom is -0.748 e. The van der Waals surface area contributed by atoms with Gasteiger partial charge < -0.3 is 4.55 Å². The molecule has 2 aliphatic carbocycles. The van der Waals surface area contributed by atoms with Gasteiger partial charge in [0.1, 0.15) is 5.78 Å². The van der Waals surface area contributed by atoms with Gasteiger partial charge in [0, 0.05) is 11.8 Å². The largest absolute Gasteiger partial charge is 0.748 e. The van der Waals surface area contributed by atoms with E-state index in [1.807, 2.05) is 13.8 Å². The van der Waals surface area contributed by atoms with Crippen molar-refractivity contribution in [1.82, 2.24) is 0 Å². The molecule has 0 spiro atoms. The predicted molar refractivity (Wildman–Crippen MR) is 135 cm³/mol. The van der Waals surface area contributed by atoms with Crippen molar-refractivity contribution in [3.05, 3.63) is 91.0 Å². The summed E-state index contributed by atoms with van der Waals surface area (Å²) in [6.45, 7) is 3.83. The van der Waals surface area contributed by atoms with Crippen LogP contribution in [0.1, 0.15) is 33.1 Å². The zero-order valence-corrected chi connectivity index (χ0v) is 21.1. The Balaban J connectivity index is 0.000000166. The van der Waals surface area contributed by atoms with Crippen molar-refractivity contribution >= 4 is 26.8 Å². The third-order valence-corrected chi connectivity index (χ3v) is 10.6. The van der Waals surface area contributed by atoms with Crippen LogP contribution in [0.3, 0.4) is 0 Å². The molecule has 3 aromatic rings. The van der Waals surface area contributed by atoms with Gasteiger partial charge in [0.25, 0.3) is 0 Å². The maximum absolute atomic E-state index is 11.8. The summed E-state index contributed by atoms with van der Waals surface area (Å²) >= 11 is 0. The van der Waals surface area contributed by atoms with E-state index in [2.05, 4.69) is 91.0 Å². The summed E-state index contributed by atoms with van der Waals surface area (Å²) < 4.78 is 32.7. The van der Waals surface area contributed by atoms with Gasteiger partial charge in [0.15, 0.2) is 14.7 Å². The molecule has 0 amide bonds. The summed E-state index contributed by atoms with van der Waals surface area (Å²) in [5.41, 5.74) is -1.22. The lowest BCUT2D eigenvalue weighted by atomic mass is 9.70. The Kier molecular flexibility index (Phi) is 7.04. The van der Waals surface area contributed by atoms with E-state index in [0.717, 1.165) is 6.42 Å². The molecule has 5 rings (SSSR count). The average molecular weight is 495 g/mol. The number of benzene rings is 3. The molecular formula is C28H30O4S2. The van der Waals surface area contributed by atoms with Crippen LogP contribution < -0.4 is 0 Å². The summed E-state index contributed by atoms with van der Waals surface area (Å²) in [5, 5.41) is 0. The second kappa shape index (κ2) is 9.68. The molecule has 178 valence electrons. The number of fused-ring (bicyclic) bond motifs is 2. The van der Waals surface area contributed by atoms with Crippen LogP contribution >= 0.6 is 0 Å². The second-order valence-corrected chi connectivity index (χ2v) is 13.0. The van der Waals surface area contributed by atoms with Gasteiger partial charge in [-0.1, -0.05) is 68.4 Å². The van der Waals surface area contributed by atoms with Gasteiger partial charge >= 0.3 is 0 Å². The molecule has 2 fully saturated rings. The van der Waals surface area contributed by atoms with Crippen LogP contribution in [0.4, 0.5) is 0 Å². The lowest BCUT2D eigenvalue weighted by Crippen LogP contribution is -2.42. The van der Waals surface area contributed by atoms with Crippen LogP contribution in [0, 0.1) is 16.7 Å². The fourth-order valence-corrected chi connectivity index (χ4v) is 8.87. The molecule has 0 unspecified atom stereocenters. The van der Waals surface area contributed by atoms with E-state index in [1.165, 1.54) is 14.7 Å². The topological polar surface area (TPSA) is 74.3 Å². The Morgan fingerprint density at radius 3 is 1.53 bits per heavy atom. The molecular weight excluding hydrogens is 464 g/mol. The maximum Gasteiger partial charge on any atom is 0.166 e. The summed E-state index contributed by atoms with van der Waals surface area (Å²) in [4.78, 5) is 15.9. The van der Waals surface area contributed by atoms with Crippen LogP contribution in [0.5, 0.6) is 0 Å². The lowest BCUT2D eigenvalue weighted by molar-refractivity contribution is -0.128. The highest BCUT2D eigenvalue weighted by atomic mass is 32.2. The summed E-state index contributed by atoms with van der Waals surface area (Å²) in [6, 6.07) is 32.2. The fourth-order valence-electron chi connectivity index (χ4n) is 5.49. The van der Waals surface area contributed by atoms with Gasteiger partial charge in [-0.05, 0) is 60.6 Å². The van der Waals surface area contributed by atoms with Gasteiger partial charge in [0.2, 0.25) is 0 Å². The highest BCUT2D eigenvalue weighted by molar-refractivity contribution is 7.97. The summed E-state index contributed by atoms with van der Waals surface area (Å²) in [7, 11) is -4.34. The Morgan fingerprint density at radius 2 is 1.24 bits per heavy atom. The molecule has 0 heterocycles. The first kappa shape index (κ1) is 24.7. The van der Waals surface area contributed by atoms with Crippen LogP contribution in [0.15, 0.2) is 106 Å². The molecule has 3 aromatic carbocycles. The summed E-state index contributed by atoms with van der Waals surface area (Å²) in [6.07, 6.45) is 1.88. The minimum absolute atomic E-state index is 0.0146. The number of carbonyl (C=O) groups is 1. The van der Waals surface area contributed by atoms with Crippen molar-refractivity contribution in [2.24, 2.45) is 16.7 Å². The number of Topliss-reactive ketones (excluding diaryl/α,β-unsaturated/α-hetero) is 1. The maximum atomic E-state index is 11.8. The molecule has 0 aliphatic heterocycles. The first-order valence-corrected chi connectivity index (χ1v) is 14.3. The average Bonchev–Trinajstić information content (AvgIpc) is 3.15. The monoisotopic (exact) mass is 494 g/mol. The molecule has 4 nitrogen and oxygen atoms in total. The van der Waals surface area contributed by atoms with Gasteiger partial charge in [0.05, 0.1) is 26.8 Å². The normalized spacial score (nSPS) is 22.9. The van der Waals surface area contributed by atoms with E-state index in [0.29, 0.717) is 12.8 Å². The van der Waals surface area contributed by atoms with E-state index in [4.69, 9.17) is 0 Å². The van der Waals surface area contributed by atoms with Crippen LogP contribution in [-0.2, 0) is 25.8 Å². The molecule has 0 radical (unpaired) electrons. The van der Waals surface area contributed by atoms with Crippen molar-refractivity contribution in [2.75, 3.05) is 5.75 Å². The number of hydrogen-bond acceptors (Lipinski definition) is 4. The zero-order valence-electron chi connectivity index (χ0n) is 19.5. The SMILES string of the molecule is CC1(C)[C@@H]2CC[C@@]1(CS(=O)(=O)[O-])C(=O)C2.c1ccc([S+](c2ccccc2)c2ccccc2)cc1. The van der Waals surface area contributed by atoms with Gasteiger partial charge in [-0.2, -0.15) is 0 Å². The predicted octanol–water partition coefficient (Wildman–Crippen LogP) is 5.71. The number of rotatable bonds is 5. The minimum atomic E-state index is -4.33. The lowest BCUT2D eigenvalue weighted by Gasteiger charge is -2.37. The van der Waals surface area contributed by atoms with Gasteiger partial charge in [-0.15, -0.1) is 0 Å². The van der Waals surface area contributed by atoms with Crippen LogP contribution in [0.2, 0.25) is 0 Å². The summed E-state index contributed by atoms with van der Waals surface area (Å²) in [5.74, 6) is -0.280. The fraction of sp³-hybridized carbons (Fsp3) is 0.321. The Bertz CT molecular complexity index is 1130. The van der Waals surface area contributed by atoms with Crippen molar-refractivity contribution in [3.63, 3.8) is 0 Å². The Morgan fingerprint density at radius 1 is 0.824 bits per heavy atom. The first-order chi connectivity index (χ1) is 16.1. The Hall–Kier alpha value is -2.41. The highest BCUT2D eigenvalue weighted by Gasteiger charge is 2.64. The highest BCUT2D eigenvalue weighted by Crippen LogP contribution is 2.64. The molecule has 2 aliphatic rings. The molecule has 0 N–H and O–H groups in total. The van der Waals surface area contributed by atoms with Crippen molar-refractivity contribution in [2.45, 2.75) is 47.8 Å². The molecule has 6 heteroatoms. The van der Waals surface area contributed by atoms with Crippen molar-refractivity contribution in [3.8, 4) is 0 Å². The number of hydrogen-bond donors (Lipinski definition) is 0. The molecule has 34 heavy (non-hydrogen) atoms. The molecule has 0 aromatic heterocycles. The zero-order chi connectivity index (χ0) is 24.4. The third-order valence-electron chi connectivity index (χ3n) is 7.50. The number of carbonyl (C=O) groups excluding carboxylic acids is 1. The molecule has 2 atom stereocenters. The van der Waals surface area contributed by atoms with Crippen molar-refractivity contribution < 1.29 is 17.8 Å². The smallest absolute Gasteiger partial charge is 0.166 e. The molecule has 2 bridgehead atoms. The van der Waals surface area contributed by atoms with Crippen molar-refractivity contribution in [1.29, 1.82) is 0 Å². The quantitative estimate of drug-likeness (QED) is 0.336. The van der Waals surface area contributed by atoms with Crippen LogP contribution in [0.25, 0.3) is 0 Å². The van der Waals surface area contributed by atoms with Gasteiger partial charge in [-0.3, -0.25) is 4.79 Å². The van der Waals surface area contributed by atoms with Crippen LogP contribution in [-0.4, -0.2) is 24.5 Å². The van der Waals surface area contributed by atoms with E-state index >= 15 is 0 Å². The Labute approximate surface area is 205 Å². The second-order valence-electron chi connectivity index (χ2n) is 9.61. The van der Waals surface area contributed by atoms with E-state index in [9.17, 15) is 17.8 Å². The van der Waals surface area contributed by atoms with Gasteiger partial charge in [-0.25, -0.2) is 8.42 Å². The molecule has 2 saturated carbocycles. The van der Waals surface area contributed by atoms with E-state index in [-0.39, 0.29) is 28.0 Å². The third kappa shape index (κ3) is 4.85. The van der Waals surface area contributed by atoms with E-state index in [1.54, 1.807) is 0 Å².